The molecule has 142 valence electrons. The van der Waals surface area contributed by atoms with Crippen LogP contribution in [0.4, 0.5) is 0 Å². The lowest BCUT2D eigenvalue weighted by molar-refractivity contribution is -0.136. The molecule has 2 amide bonds. The van der Waals surface area contributed by atoms with Crippen LogP contribution in [0.5, 0.6) is 0 Å². The zero-order chi connectivity index (χ0) is 18.8. The smallest absolute Gasteiger partial charge is 0.272 e. The first-order chi connectivity index (χ1) is 13.1. The van der Waals surface area contributed by atoms with Crippen LogP contribution in [0.1, 0.15) is 53.5 Å². The average molecular weight is 367 g/mol. The largest absolute Gasteiger partial charge is 0.340 e. The van der Waals surface area contributed by atoms with Crippen molar-refractivity contribution < 1.29 is 9.59 Å². The maximum atomic E-state index is 12.8. The van der Waals surface area contributed by atoms with Gasteiger partial charge in [-0.15, -0.1) is 0 Å². The second-order valence-corrected chi connectivity index (χ2v) is 7.57. The Morgan fingerprint density at radius 1 is 1.22 bits per heavy atom. The number of nitrogens with one attached hydrogen (secondary N) is 1. The number of H-pyrrole nitrogens is 1. The highest BCUT2D eigenvalue weighted by atomic mass is 16.2. The highest BCUT2D eigenvalue weighted by Crippen LogP contribution is 2.39. The number of hydrogen-bond donors (Lipinski definition) is 1. The summed E-state index contributed by atoms with van der Waals surface area (Å²) in [5.41, 5.74) is 2.56. The molecule has 0 unspecified atom stereocenters. The molecule has 0 spiro atoms. The molecular weight excluding hydrogens is 342 g/mol. The van der Waals surface area contributed by atoms with Gasteiger partial charge >= 0.3 is 0 Å². The normalized spacial score (nSPS) is 17.7. The standard InChI is InChI=1S/C20H25N5O2/c1-24(13-16-12-18(23-22-16)14-5-6-14)19(26)15-7-10-25(11-8-15)20(27)17-4-2-3-9-21-17/h2-4,9,12,14-15H,5-8,10-11,13H2,1H3,(H,22,23). The minimum absolute atomic E-state index is 0.0337. The van der Waals surface area contributed by atoms with Crippen molar-refractivity contribution in [2.24, 2.45) is 5.92 Å². The molecule has 0 bridgehead atoms. The maximum Gasteiger partial charge on any atom is 0.272 e. The SMILES string of the molecule is CN(Cc1cc(C2CC2)n[nH]1)C(=O)C1CCN(C(=O)c2ccccn2)CC1. The Balaban J connectivity index is 1.29. The first kappa shape index (κ1) is 17.7. The molecule has 2 fully saturated rings. The molecule has 1 saturated heterocycles. The molecule has 1 N–H and O–H groups in total. The second-order valence-electron chi connectivity index (χ2n) is 7.57. The minimum atomic E-state index is -0.0556. The maximum absolute atomic E-state index is 12.8. The third-order valence-corrected chi connectivity index (χ3v) is 5.45. The molecular formula is C20H25N5O2. The lowest BCUT2D eigenvalue weighted by Crippen LogP contribution is -2.43. The van der Waals surface area contributed by atoms with Crippen LogP contribution in [0.25, 0.3) is 0 Å². The van der Waals surface area contributed by atoms with E-state index >= 15 is 0 Å². The number of piperidine rings is 1. The van der Waals surface area contributed by atoms with Gasteiger partial charge in [-0.05, 0) is 43.9 Å². The Kier molecular flexibility index (Phi) is 4.92. The Hall–Kier alpha value is -2.70. The van der Waals surface area contributed by atoms with Crippen molar-refractivity contribution in [3.63, 3.8) is 0 Å². The van der Waals surface area contributed by atoms with E-state index in [1.54, 1.807) is 28.1 Å². The predicted molar refractivity (Wildman–Crippen MR) is 99.9 cm³/mol. The van der Waals surface area contributed by atoms with Gasteiger partial charge in [-0.3, -0.25) is 19.7 Å². The highest BCUT2D eigenvalue weighted by molar-refractivity contribution is 5.92. The topological polar surface area (TPSA) is 82.2 Å². The van der Waals surface area contributed by atoms with E-state index in [1.165, 1.54) is 12.8 Å². The van der Waals surface area contributed by atoms with Crippen molar-refractivity contribution >= 4 is 11.8 Å². The van der Waals surface area contributed by atoms with Crippen molar-refractivity contribution in [3.05, 3.63) is 47.5 Å². The van der Waals surface area contributed by atoms with Crippen LogP contribution < -0.4 is 0 Å². The quantitative estimate of drug-likeness (QED) is 0.878. The summed E-state index contributed by atoms with van der Waals surface area (Å²) in [6.45, 7) is 1.73. The van der Waals surface area contributed by atoms with E-state index in [0.717, 1.165) is 11.4 Å². The molecule has 3 heterocycles. The van der Waals surface area contributed by atoms with E-state index in [4.69, 9.17) is 0 Å². The summed E-state index contributed by atoms with van der Waals surface area (Å²) in [7, 11) is 1.84. The summed E-state index contributed by atoms with van der Waals surface area (Å²) in [4.78, 5) is 32.9. The molecule has 1 saturated carbocycles. The van der Waals surface area contributed by atoms with Gasteiger partial charge in [-0.2, -0.15) is 5.10 Å². The van der Waals surface area contributed by atoms with Crippen LogP contribution >= 0.6 is 0 Å². The van der Waals surface area contributed by atoms with Crippen molar-refractivity contribution in [2.45, 2.75) is 38.1 Å². The molecule has 2 aromatic heterocycles. The number of nitrogens with zero attached hydrogens (tertiary/aromatic N) is 4. The van der Waals surface area contributed by atoms with E-state index in [9.17, 15) is 9.59 Å². The lowest BCUT2D eigenvalue weighted by Gasteiger charge is -2.33. The summed E-state index contributed by atoms with van der Waals surface area (Å²) < 4.78 is 0. The number of amides is 2. The van der Waals surface area contributed by atoms with Gasteiger partial charge in [0.15, 0.2) is 0 Å². The predicted octanol–water partition coefficient (Wildman–Crippen LogP) is 2.19. The highest BCUT2D eigenvalue weighted by Gasteiger charge is 2.30. The summed E-state index contributed by atoms with van der Waals surface area (Å²) in [6, 6.07) is 7.42. The van der Waals surface area contributed by atoms with E-state index < -0.39 is 0 Å². The van der Waals surface area contributed by atoms with Gasteiger partial charge in [-0.25, -0.2) is 0 Å². The summed E-state index contributed by atoms with van der Waals surface area (Å²) in [5, 5.41) is 7.40. The third-order valence-electron chi connectivity index (χ3n) is 5.45. The number of likely N-dealkylation sites (tertiary alicyclic amines) is 1. The van der Waals surface area contributed by atoms with Crippen molar-refractivity contribution in [2.75, 3.05) is 20.1 Å². The molecule has 27 heavy (non-hydrogen) atoms. The molecule has 1 aliphatic heterocycles. The fraction of sp³-hybridized carbons (Fsp3) is 0.500. The molecule has 0 aromatic carbocycles. The molecule has 2 aliphatic rings. The van der Waals surface area contributed by atoms with Gasteiger partial charge in [-0.1, -0.05) is 6.07 Å². The Labute approximate surface area is 158 Å². The van der Waals surface area contributed by atoms with Crippen LogP contribution in [0.2, 0.25) is 0 Å². The molecule has 4 rings (SSSR count). The minimum Gasteiger partial charge on any atom is -0.340 e. The molecule has 0 atom stereocenters. The summed E-state index contributed by atoms with van der Waals surface area (Å²) in [5.74, 6) is 0.660. The fourth-order valence-corrected chi connectivity index (χ4v) is 3.67. The van der Waals surface area contributed by atoms with E-state index in [-0.39, 0.29) is 17.7 Å². The number of aromatic amines is 1. The lowest BCUT2D eigenvalue weighted by atomic mass is 9.95. The Bertz CT molecular complexity index is 807. The first-order valence-electron chi connectivity index (χ1n) is 9.61. The third kappa shape index (κ3) is 4.02. The monoisotopic (exact) mass is 367 g/mol. The zero-order valence-corrected chi connectivity index (χ0v) is 15.6. The second kappa shape index (κ2) is 7.50. The van der Waals surface area contributed by atoms with E-state index in [1.807, 2.05) is 13.1 Å². The van der Waals surface area contributed by atoms with Crippen LogP contribution in [-0.2, 0) is 11.3 Å². The number of carbonyl (C=O) groups is 2. The van der Waals surface area contributed by atoms with E-state index in [0.29, 0.717) is 44.1 Å². The average Bonchev–Trinajstić information content (AvgIpc) is 3.47. The van der Waals surface area contributed by atoms with Crippen LogP contribution in [-0.4, -0.2) is 56.9 Å². The van der Waals surface area contributed by atoms with Gasteiger partial charge < -0.3 is 9.80 Å². The zero-order valence-electron chi connectivity index (χ0n) is 15.6. The van der Waals surface area contributed by atoms with Gasteiger partial charge in [0, 0.05) is 38.2 Å². The number of rotatable bonds is 5. The molecule has 0 radical (unpaired) electrons. The number of pyridine rings is 1. The molecule has 1 aliphatic carbocycles. The molecule has 2 aromatic rings. The van der Waals surface area contributed by atoms with Gasteiger partial charge in [0.2, 0.25) is 5.91 Å². The summed E-state index contributed by atoms with van der Waals surface area (Å²) in [6.07, 6.45) is 5.45. The molecule has 7 heteroatoms. The van der Waals surface area contributed by atoms with Crippen LogP contribution in [0, 0.1) is 5.92 Å². The number of carbonyl (C=O) groups excluding carboxylic acids is 2. The fourth-order valence-electron chi connectivity index (χ4n) is 3.67. The van der Waals surface area contributed by atoms with Gasteiger partial charge in [0.1, 0.15) is 5.69 Å². The Morgan fingerprint density at radius 3 is 2.67 bits per heavy atom. The molecule has 7 nitrogen and oxygen atoms in total. The van der Waals surface area contributed by atoms with Crippen molar-refractivity contribution in [1.29, 1.82) is 0 Å². The van der Waals surface area contributed by atoms with Gasteiger partial charge in [0.25, 0.3) is 5.91 Å². The number of aromatic nitrogens is 3. The van der Waals surface area contributed by atoms with Gasteiger partial charge in [0.05, 0.1) is 17.9 Å². The van der Waals surface area contributed by atoms with Crippen LogP contribution in [0.3, 0.4) is 0 Å². The van der Waals surface area contributed by atoms with Crippen LogP contribution in [0.15, 0.2) is 30.5 Å². The summed E-state index contributed by atoms with van der Waals surface area (Å²) >= 11 is 0. The Morgan fingerprint density at radius 2 is 2.00 bits per heavy atom. The van der Waals surface area contributed by atoms with Crippen molar-refractivity contribution in [1.82, 2.24) is 25.0 Å². The van der Waals surface area contributed by atoms with Crippen molar-refractivity contribution in [3.8, 4) is 0 Å². The van der Waals surface area contributed by atoms with E-state index in [2.05, 4.69) is 21.2 Å². The first-order valence-corrected chi connectivity index (χ1v) is 9.61. The number of hydrogen-bond acceptors (Lipinski definition) is 4.